The minimum atomic E-state index is -0.361. The highest BCUT2D eigenvalue weighted by Gasteiger charge is 2.31. The number of rotatable bonds is 4. The molecule has 0 aliphatic carbocycles. The number of aryl methyl sites for hydroxylation is 2. The third kappa shape index (κ3) is 3.70. The molecule has 3 heterocycles. The van der Waals surface area contributed by atoms with E-state index in [1.165, 1.54) is 7.11 Å². The first-order valence-electron chi connectivity index (χ1n) is 9.82. The van der Waals surface area contributed by atoms with Gasteiger partial charge in [0.15, 0.2) is 0 Å². The van der Waals surface area contributed by atoms with Crippen LogP contribution in [0.25, 0.3) is 21.3 Å². The Bertz CT molecular complexity index is 1120. The summed E-state index contributed by atoms with van der Waals surface area (Å²) in [5, 5.41) is 0.984. The molecule has 0 radical (unpaired) electrons. The van der Waals surface area contributed by atoms with Gasteiger partial charge < -0.3 is 9.64 Å². The molecule has 0 spiro atoms. The summed E-state index contributed by atoms with van der Waals surface area (Å²) in [4.78, 5) is 33.6. The van der Waals surface area contributed by atoms with Crippen LogP contribution in [-0.2, 0) is 29.0 Å². The van der Waals surface area contributed by atoms with Crippen LogP contribution in [0, 0.1) is 6.92 Å². The summed E-state index contributed by atoms with van der Waals surface area (Å²) in [5.41, 5.74) is 5.46. The number of hydrogen-bond acceptors (Lipinski definition) is 5. The molecular formula is C23H25ClN2O3S. The van der Waals surface area contributed by atoms with Gasteiger partial charge in [0.05, 0.1) is 24.9 Å². The largest absolute Gasteiger partial charge is 0.465 e. The molecule has 0 unspecified atom stereocenters. The third-order valence-electron chi connectivity index (χ3n) is 5.44. The fourth-order valence-corrected chi connectivity index (χ4v) is 5.20. The molecule has 1 aliphatic heterocycles. The predicted octanol–water partition coefficient (Wildman–Crippen LogP) is 5.29. The zero-order valence-corrected chi connectivity index (χ0v) is 19.2. The Morgan fingerprint density at radius 1 is 1.20 bits per heavy atom. The number of fused-ring (bicyclic) bond motifs is 3. The molecule has 7 heteroatoms. The molecule has 1 aliphatic rings. The SMILES string of the molecule is CCCc1nc2sc3c(c2c(-c2ccc(C)cc2)c1C(=O)OC)CN(C(C)=O)C3.Cl. The molecule has 0 saturated carbocycles. The van der Waals surface area contributed by atoms with Crippen LogP contribution in [0.4, 0.5) is 0 Å². The van der Waals surface area contributed by atoms with E-state index >= 15 is 0 Å². The highest BCUT2D eigenvalue weighted by atomic mass is 35.5. The maximum Gasteiger partial charge on any atom is 0.340 e. The molecule has 0 N–H and O–H groups in total. The summed E-state index contributed by atoms with van der Waals surface area (Å²) in [6.45, 7) is 6.88. The lowest BCUT2D eigenvalue weighted by Crippen LogP contribution is -2.22. The first-order valence-corrected chi connectivity index (χ1v) is 10.6. The van der Waals surface area contributed by atoms with Gasteiger partial charge in [-0.15, -0.1) is 23.7 Å². The Morgan fingerprint density at radius 2 is 1.90 bits per heavy atom. The van der Waals surface area contributed by atoms with Crippen molar-refractivity contribution in [3.63, 3.8) is 0 Å². The van der Waals surface area contributed by atoms with E-state index in [-0.39, 0.29) is 24.3 Å². The number of ether oxygens (including phenoxy) is 1. The second-order valence-electron chi connectivity index (χ2n) is 7.48. The van der Waals surface area contributed by atoms with Crippen molar-refractivity contribution in [1.82, 2.24) is 9.88 Å². The summed E-state index contributed by atoms with van der Waals surface area (Å²) >= 11 is 1.63. The van der Waals surface area contributed by atoms with Gasteiger partial charge in [0.1, 0.15) is 4.83 Å². The Morgan fingerprint density at radius 3 is 2.50 bits per heavy atom. The van der Waals surface area contributed by atoms with Crippen molar-refractivity contribution < 1.29 is 14.3 Å². The van der Waals surface area contributed by atoms with Crippen LogP contribution in [-0.4, -0.2) is 28.9 Å². The molecule has 2 aromatic heterocycles. The van der Waals surface area contributed by atoms with Crippen LogP contribution in [0.5, 0.6) is 0 Å². The Balaban J connectivity index is 0.00000256. The number of benzene rings is 1. The molecule has 1 amide bonds. The number of carbonyl (C=O) groups excluding carboxylic acids is 2. The van der Waals surface area contributed by atoms with E-state index < -0.39 is 0 Å². The lowest BCUT2D eigenvalue weighted by atomic mass is 9.92. The number of esters is 1. The Hall–Kier alpha value is -2.44. The number of hydrogen-bond donors (Lipinski definition) is 0. The van der Waals surface area contributed by atoms with Gasteiger partial charge in [0, 0.05) is 29.3 Å². The van der Waals surface area contributed by atoms with E-state index in [1.807, 2.05) is 24.0 Å². The van der Waals surface area contributed by atoms with Crippen molar-refractivity contribution in [2.75, 3.05) is 7.11 Å². The second-order valence-corrected chi connectivity index (χ2v) is 8.56. The van der Waals surface area contributed by atoms with E-state index in [4.69, 9.17) is 9.72 Å². The summed E-state index contributed by atoms with van der Waals surface area (Å²) in [5.74, 6) is -0.304. The lowest BCUT2D eigenvalue weighted by molar-refractivity contribution is -0.129. The van der Waals surface area contributed by atoms with Gasteiger partial charge >= 0.3 is 5.97 Å². The van der Waals surface area contributed by atoms with Crippen LogP contribution < -0.4 is 0 Å². The standard InChI is InChI=1S/C23H24N2O3S.ClH/c1-5-6-17-21(23(27)28-4)19(15-9-7-13(2)8-10-15)20-16-11-25(14(3)26)12-18(16)29-22(20)24-17;/h7-10H,5-6,11-12H2,1-4H3;1H. The quantitative estimate of drug-likeness (QED) is 0.512. The first-order chi connectivity index (χ1) is 13.9. The number of thiophene rings is 1. The molecule has 4 rings (SSSR count). The molecule has 0 saturated heterocycles. The predicted molar refractivity (Wildman–Crippen MR) is 122 cm³/mol. The number of carbonyl (C=O) groups is 2. The van der Waals surface area contributed by atoms with Crippen molar-refractivity contribution in [3.05, 3.63) is 51.5 Å². The van der Waals surface area contributed by atoms with Crippen molar-refractivity contribution in [2.45, 2.75) is 46.7 Å². The van der Waals surface area contributed by atoms with E-state index in [9.17, 15) is 9.59 Å². The van der Waals surface area contributed by atoms with Crippen molar-refractivity contribution in [1.29, 1.82) is 0 Å². The zero-order valence-electron chi connectivity index (χ0n) is 17.6. The van der Waals surface area contributed by atoms with Gasteiger partial charge in [-0.05, 0) is 24.5 Å². The minimum Gasteiger partial charge on any atom is -0.465 e. The number of pyridine rings is 1. The molecule has 30 heavy (non-hydrogen) atoms. The molecule has 158 valence electrons. The summed E-state index contributed by atoms with van der Waals surface area (Å²) in [6, 6.07) is 8.20. The monoisotopic (exact) mass is 444 g/mol. The second kappa shape index (κ2) is 8.74. The molecule has 0 bridgehead atoms. The average molecular weight is 445 g/mol. The zero-order chi connectivity index (χ0) is 20.7. The van der Waals surface area contributed by atoms with Crippen molar-refractivity contribution in [2.24, 2.45) is 0 Å². The third-order valence-corrected chi connectivity index (χ3v) is 6.55. The summed E-state index contributed by atoms with van der Waals surface area (Å²) < 4.78 is 5.17. The lowest BCUT2D eigenvalue weighted by Gasteiger charge is -2.17. The molecule has 1 aromatic carbocycles. The normalized spacial score (nSPS) is 12.6. The molecule has 3 aromatic rings. The van der Waals surface area contributed by atoms with Gasteiger partial charge in [-0.1, -0.05) is 43.2 Å². The first kappa shape index (κ1) is 22.2. The van der Waals surface area contributed by atoms with Crippen LogP contribution in [0.15, 0.2) is 24.3 Å². The number of halogens is 1. The average Bonchev–Trinajstić information content (AvgIpc) is 3.25. The van der Waals surface area contributed by atoms with Gasteiger partial charge in [0.25, 0.3) is 0 Å². The van der Waals surface area contributed by atoms with E-state index in [1.54, 1.807) is 18.3 Å². The van der Waals surface area contributed by atoms with Crippen LogP contribution in [0.2, 0.25) is 0 Å². The maximum atomic E-state index is 12.9. The van der Waals surface area contributed by atoms with Crippen LogP contribution in [0.3, 0.4) is 0 Å². The number of aromatic nitrogens is 1. The molecular weight excluding hydrogens is 420 g/mol. The van der Waals surface area contributed by atoms with E-state index in [0.717, 1.165) is 49.5 Å². The molecule has 0 atom stereocenters. The fraction of sp³-hybridized carbons (Fsp3) is 0.348. The number of nitrogens with zero attached hydrogens (tertiary/aromatic N) is 2. The van der Waals surface area contributed by atoms with Crippen molar-refractivity contribution in [3.8, 4) is 11.1 Å². The van der Waals surface area contributed by atoms with Crippen LogP contribution in [0.1, 0.15) is 52.3 Å². The van der Waals surface area contributed by atoms with Gasteiger partial charge in [-0.25, -0.2) is 9.78 Å². The van der Waals surface area contributed by atoms with Crippen molar-refractivity contribution >= 4 is 45.8 Å². The van der Waals surface area contributed by atoms with Gasteiger partial charge in [0.2, 0.25) is 5.91 Å². The minimum absolute atomic E-state index is 0. The Kier molecular flexibility index (Phi) is 6.48. The highest BCUT2D eigenvalue weighted by molar-refractivity contribution is 7.19. The maximum absolute atomic E-state index is 12.9. The fourth-order valence-electron chi connectivity index (χ4n) is 3.97. The Labute approximate surface area is 186 Å². The van der Waals surface area contributed by atoms with Crippen LogP contribution >= 0.6 is 23.7 Å². The molecule has 0 fully saturated rings. The van der Waals surface area contributed by atoms with Gasteiger partial charge in [-0.3, -0.25) is 4.79 Å². The van der Waals surface area contributed by atoms with E-state index in [0.29, 0.717) is 25.1 Å². The number of methoxy groups -OCH3 is 1. The smallest absolute Gasteiger partial charge is 0.340 e. The van der Waals surface area contributed by atoms with Gasteiger partial charge in [-0.2, -0.15) is 0 Å². The topological polar surface area (TPSA) is 59.5 Å². The molecule has 5 nitrogen and oxygen atoms in total. The summed E-state index contributed by atoms with van der Waals surface area (Å²) in [7, 11) is 1.41. The summed E-state index contributed by atoms with van der Waals surface area (Å²) in [6.07, 6.45) is 1.60. The highest BCUT2D eigenvalue weighted by Crippen LogP contribution is 2.44. The number of amides is 1. The van der Waals surface area contributed by atoms with E-state index in [2.05, 4.69) is 19.1 Å².